The minimum atomic E-state index is 0. The van der Waals surface area contributed by atoms with E-state index >= 15 is 0 Å². The fraction of sp³-hybridized carbons (Fsp3) is 0.812. The van der Waals surface area contributed by atoms with Crippen LogP contribution in [0.3, 0.4) is 0 Å². The maximum absolute atomic E-state index is 5.94. The van der Waals surface area contributed by atoms with Gasteiger partial charge in [-0.2, -0.15) is 5.10 Å². The number of rotatable bonds is 4. The molecule has 0 aliphatic carbocycles. The van der Waals surface area contributed by atoms with E-state index in [-0.39, 0.29) is 17.8 Å². The van der Waals surface area contributed by atoms with Crippen LogP contribution in [0, 0.1) is 12.3 Å². The van der Waals surface area contributed by atoms with Gasteiger partial charge >= 0.3 is 0 Å². The molecule has 1 aromatic rings. The number of likely N-dealkylation sites (tertiary alicyclic amines) is 1. The molecule has 23 heavy (non-hydrogen) atoms. The quantitative estimate of drug-likeness (QED) is 0.889. The van der Waals surface area contributed by atoms with E-state index in [1.165, 1.54) is 17.8 Å². The summed E-state index contributed by atoms with van der Waals surface area (Å²) < 4.78 is 7.52. The Morgan fingerprint density at radius 2 is 1.96 bits per heavy atom. The summed E-state index contributed by atoms with van der Waals surface area (Å²) in [7, 11) is 2.05. The maximum Gasteiger partial charge on any atom is 0.131 e. The SMILES string of the molecule is Cc1nn(C)c(N2CCOCC2)c1CN1CCC(C)(CN)C1.Cl. The molecule has 132 valence electrons. The van der Waals surface area contributed by atoms with Gasteiger partial charge in [0.15, 0.2) is 0 Å². The van der Waals surface area contributed by atoms with Crippen molar-refractivity contribution in [3.05, 3.63) is 11.3 Å². The van der Waals surface area contributed by atoms with E-state index in [2.05, 4.69) is 35.8 Å². The number of hydrogen-bond acceptors (Lipinski definition) is 5. The predicted molar refractivity (Wildman–Crippen MR) is 95.3 cm³/mol. The summed E-state index contributed by atoms with van der Waals surface area (Å²) in [6, 6.07) is 0. The average Bonchev–Trinajstić information content (AvgIpc) is 3.02. The summed E-state index contributed by atoms with van der Waals surface area (Å²) in [6.07, 6.45) is 1.19. The van der Waals surface area contributed by atoms with Crippen molar-refractivity contribution in [2.24, 2.45) is 18.2 Å². The minimum absolute atomic E-state index is 0. The molecular formula is C16H30ClN5O. The Labute approximate surface area is 145 Å². The Kier molecular flexibility index (Phi) is 5.94. The predicted octanol–water partition coefficient (Wildman–Crippen LogP) is 1.16. The lowest BCUT2D eigenvalue weighted by molar-refractivity contribution is 0.122. The van der Waals surface area contributed by atoms with Crippen LogP contribution in [0.25, 0.3) is 0 Å². The fourth-order valence-corrected chi connectivity index (χ4v) is 3.70. The second-order valence-electron chi connectivity index (χ2n) is 7.09. The second-order valence-corrected chi connectivity index (χ2v) is 7.09. The van der Waals surface area contributed by atoms with Gasteiger partial charge in [0.05, 0.1) is 18.9 Å². The van der Waals surface area contributed by atoms with Crippen LogP contribution in [-0.2, 0) is 18.3 Å². The van der Waals surface area contributed by atoms with Crippen molar-refractivity contribution < 1.29 is 4.74 Å². The van der Waals surface area contributed by atoms with Crippen LogP contribution < -0.4 is 10.6 Å². The lowest BCUT2D eigenvalue weighted by Crippen LogP contribution is -2.38. The molecule has 1 aromatic heterocycles. The lowest BCUT2D eigenvalue weighted by Gasteiger charge is -2.30. The summed E-state index contributed by atoms with van der Waals surface area (Å²) in [6.45, 7) is 11.9. The van der Waals surface area contributed by atoms with Crippen molar-refractivity contribution in [1.29, 1.82) is 0 Å². The highest BCUT2D eigenvalue weighted by Crippen LogP contribution is 2.32. The summed E-state index contributed by atoms with van der Waals surface area (Å²) in [5, 5.41) is 4.67. The van der Waals surface area contributed by atoms with Crippen LogP contribution in [0.4, 0.5) is 5.82 Å². The average molecular weight is 344 g/mol. The van der Waals surface area contributed by atoms with E-state index in [0.717, 1.165) is 58.2 Å². The van der Waals surface area contributed by atoms with Gasteiger partial charge in [-0.25, -0.2) is 0 Å². The summed E-state index contributed by atoms with van der Waals surface area (Å²) in [4.78, 5) is 4.94. The molecule has 1 unspecified atom stereocenters. The van der Waals surface area contributed by atoms with E-state index in [0.29, 0.717) is 0 Å². The first kappa shape index (κ1) is 18.5. The molecule has 6 nitrogen and oxygen atoms in total. The van der Waals surface area contributed by atoms with Crippen LogP contribution in [-0.4, -0.2) is 60.6 Å². The standard InChI is InChI=1S/C16H29N5O.ClH/c1-13-14(10-20-5-4-16(2,11-17)12-20)15(19(3)18-13)21-6-8-22-9-7-21;/h4-12,17H2,1-3H3;1H. The van der Waals surface area contributed by atoms with Gasteiger partial charge in [-0.1, -0.05) is 6.92 Å². The molecule has 2 N–H and O–H groups in total. The maximum atomic E-state index is 5.94. The zero-order chi connectivity index (χ0) is 15.7. The van der Waals surface area contributed by atoms with Crippen LogP contribution in [0.1, 0.15) is 24.6 Å². The zero-order valence-corrected chi connectivity index (χ0v) is 15.4. The van der Waals surface area contributed by atoms with Crippen molar-refractivity contribution in [1.82, 2.24) is 14.7 Å². The van der Waals surface area contributed by atoms with Gasteiger partial charge in [-0.05, 0) is 31.8 Å². The highest BCUT2D eigenvalue weighted by Gasteiger charge is 2.33. The monoisotopic (exact) mass is 343 g/mol. The first-order valence-corrected chi connectivity index (χ1v) is 8.30. The van der Waals surface area contributed by atoms with Gasteiger partial charge in [-0.15, -0.1) is 12.4 Å². The Morgan fingerprint density at radius 3 is 2.57 bits per heavy atom. The largest absolute Gasteiger partial charge is 0.378 e. The summed E-state index contributed by atoms with van der Waals surface area (Å²) in [5.41, 5.74) is 8.72. The van der Waals surface area contributed by atoms with Crippen molar-refractivity contribution in [3.63, 3.8) is 0 Å². The van der Waals surface area contributed by atoms with E-state index in [4.69, 9.17) is 10.5 Å². The third kappa shape index (κ3) is 3.82. The molecule has 3 rings (SSSR count). The molecule has 2 saturated heterocycles. The lowest BCUT2D eigenvalue weighted by atomic mass is 9.90. The van der Waals surface area contributed by atoms with Crippen molar-refractivity contribution in [2.45, 2.75) is 26.8 Å². The molecule has 0 bridgehead atoms. The number of nitrogens with two attached hydrogens (primary N) is 1. The Morgan fingerprint density at radius 1 is 1.26 bits per heavy atom. The van der Waals surface area contributed by atoms with Crippen molar-refractivity contribution >= 4 is 18.2 Å². The van der Waals surface area contributed by atoms with Gasteiger partial charge in [0.1, 0.15) is 5.82 Å². The number of aryl methyl sites for hydroxylation is 2. The van der Waals surface area contributed by atoms with Crippen LogP contribution in [0.15, 0.2) is 0 Å². The Hall–Kier alpha value is -0.820. The molecule has 3 heterocycles. The van der Waals surface area contributed by atoms with Gasteiger partial charge in [0.2, 0.25) is 0 Å². The van der Waals surface area contributed by atoms with E-state index < -0.39 is 0 Å². The van der Waals surface area contributed by atoms with Crippen LogP contribution >= 0.6 is 12.4 Å². The molecule has 2 aliphatic heterocycles. The first-order valence-electron chi connectivity index (χ1n) is 8.30. The summed E-state index contributed by atoms with van der Waals surface area (Å²) >= 11 is 0. The summed E-state index contributed by atoms with van der Waals surface area (Å²) in [5.74, 6) is 1.27. The first-order chi connectivity index (χ1) is 10.5. The third-order valence-corrected chi connectivity index (χ3v) is 5.14. The fourth-order valence-electron chi connectivity index (χ4n) is 3.70. The van der Waals surface area contributed by atoms with Gasteiger partial charge in [-0.3, -0.25) is 9.58 Å². The van der Waals surface area contributed by atoms with Crippen LogP contribution in [0.2, 0.25) is 0 Å². The number of halogens is 1. The molecule has 2 fully saturated rings. The zero-order valence-electron chi connectivity index (χ0n) is 14.5. The minimum Gasteiger partial charge on any atom is -0.378 e. The molecule has 7 heteroatoms. The number of anilines is 1. The van der Waals surface area contributed by atoms with Gasteiger partial charge in [0.25, 0.3) is 0 Å². The molecule has 0 radical (unpaired) electrons. The number of hydrogen-bond donors (Lipinski definition) is 1. The molecule has 1 atom stereocenters. The van der Waals surface area contributed by atoms with Crippen molar-refractivity contribution in [2.75, 3.05) is 50.8 Å². The van der Waals surface area contributed by atoms with Crippen LogP contribution in [0.5, 0.6) is 0 Å². The third-order valence-electron chi connectivity index (χ3n) is 5.14. The number of ether oxygens (including phenoxy) is 1. The normalized spacial score (nSPS) is 25.7. The molecule has 2 aliphatic rings. The van der Waals surface area contributed by atoms with Gasteiger partial charge < -0.3 is 15.4 Å². The molecular weight excluding hydrogens is 314 g/mol. The molecule has 0 saturated carbocycles. The topological polar surface area (TPSA) is 59.5 Å². The van der Waals surface area contributed by atoms with E-state index in [1.807, 2.05) is 4.68 Å². The molecule has 0 spiro atoms. The van der Waals surface area contributed by atoms with Gasteiger partial charge in [0, 0.05) is 38.8 Å². The highest BCUT2D eigenvalue weighted by atomic mass is 35.5. The number of morpholine rings is 1. The van der Waals surface area contributed by atoms with E-state index in [9.17, 15) is 0 Å². The Bertz CT molecular complexity index is 529. The van der Waals surface area contributed by atoms with E-state index in [1.54, 1.807) is 0 Å². The molecule has 0 aromatic carbocycles. The Balaban J connectivity index is 0.00000192. The highest BCUT2D eigenvalue weighted by molar-refractivity contribution is 5.85. The number of nitrogens with zero attached hydrogens (tertiary/aromatic N) is 4. The number of aromatic nitrogens is 2. The smallest absolute Gasteiger partial charge is 0.131 e. The second kappa shape index (κ2) is 7.38. The van der Waals surface area contributed by atoms with Crippen molar-refractivity contribution in [3.8, 4) is 0 Å². The molecule has 0 amide bonds.